The van der Waals surface area contributed by atoms with Crippen LogP contribution in [0.15, 0.2) is 54.9 Å². The van der Waals surface area contributed by atoms with Crippen LogP contribution in [-0.4, -0.2) is 30.2 Å². The van der Waals surface area contributed by atoms with Gasteiger partial charge in [-0.25, -0.2) is 4.79 Å². The van der Waals surface area contributed by atoms with Gasteiger partial charge < -0.3 is 19.4 Å². The molecular formula is C23H18N2O4. The van der Waals surface area contributed by atoms with E-state index >= 15 is 0 Å². The summed E-state index contributed by atoms with van der Waals surface area (Å²) in [6.07, 6.45) is 6.01. The Morgan fingerprint density at radius 1 is 1.07 bits per heavy atom. The van der Waals surface area contributed by atoms with Crippen molar-refractivity contribution in [2.45, 2.75) is 6.42 Å². The maximum atomic E-state index is 12.6. The van der Waals surface area contributed by atoms with Gasteiger partial charge in [0.05, 0.1) is 24.9 Å². The lowest BCUT2D eigenvalue weighted by molar-refractivity contribution is -0.110. The number of carbonyl (C=O) groups is 2. The van der Waals surface area contributed by atoms with Gasteiger partial charge in [0.2, 0.25) is 0 Å². The average Bonchev–Trinajstić information content (AvgIpc) is 3.29. The Hall–Kier alpha value is -3.80. The highest BCUT2D eigenvalue weighted by molar-refractivity contribution is 6.34. The van der Waals surface area contributed by atoms with Crippen LogP contribution in [0.3, 0.4) is 0 Å². The number of carbonyl (C=O) groups excluding carboxylic acids is 2. The second kappa shape index (κ2) is 6.67. The fraction of sp³-hybridized carbons (Fsp3) is 0.130. The van der Waals surface area contributed by atoms with E-state index in [-0.39, 0.29) is 11.9 Å². The molecule has 3 aromatic rings. The molecule has 144 valence electrons. The molecule has 2 aromatic carbocycles. The third-order valence-electron chi connectivity index (χ3n) is 5.25. The highest BCUT2D eigenvalue weighted by Crippen LogP contribution is 2.38. The summed E-state index contributed by atoms with van der Waals surface area (Å²) in [5.74, 6) is 0.282. The number of para-hydroxylation sites is 1. The molecule has 6 nitrogen and oxygen atoms in total. The highest BCUT2D eigenvalue weighted by Gasteiger charge is 2.26. The van der Waals surface area contributed by atoms with E-state index in [1.807, 2.05) is 48.7 Å². The first-order valence-corrected chi connectivity index (χ1v) is 9.32. The molecule has 2 aliphatic rings. The Bertz CT molecular complexity index is 1190. The van der Waals surface area contributed by atoms with Crippen molar-refractivity contribution < 1.29 is 19.1 Å². The number of fused-ring (bicyclic) bond motifs is 2. The zero-order chi connectivity index (χ0) is 20.0. The molecule has 0 unspecified atom stereocenters. The molecular weight excluding hydrogens is 368 g/mol. The Kier molecular flexibility index (Phi) is 3.98. The van der Waals surface area contributed by atoms with Crippen molar-refractivity contribution in [3.05, 3.63) is 71.5 Å². The number of nitrogens with zero attached hydrogens (tertiary/aromatic N) is 1. The molecule has 6 heteroatoms. The average molecular weight is 386 g/mol. The SMILES string of the molecule is COc1ccccc1-c1ccc2c(c1)NC(=O)C2=Cn1cc2c(c1)C(=O)OCC2. The second-order valence-corrected chi connectivity index (χ2v) is 6.99. The van der Waals surface area contributed by atoms with Crippen molar-refractivity contribution in [3.63, 3.8) is 0 Å². The first kappa shape index (κ1) is 17.3. The molecule has 0 bridgehead atoms. The zero-order valence-corrected chi connectivity index (χ0v) is 15.8. The van der Waals surface area contributed by atoms with E-state index in [0.29, 0.717) is 24.2 Å². The molecule has 1 N–H and O–H groups in total. The molecule has 1 amide bonds. The summed E-state index contributed by atoms with van der Waals surface area (Å²) in [7, 11) is 1.64. The van der Waals surface area contributed by atoms with Crippen LogP contribution in [0.2, 0.25) is 0 Å². The number of hydrogen-bond donors (Lipinski definition) is 1. The number of hydrogen-bond acceptors (Lipinski definition) is 4. The van der Waals surface area contributed by atoms with E-state index in [2.05, 4.69) is 5.32 Å². The lowest BCUT2D eigenvalue weighted by Gasteiger charge is -2.09. The summed E-state index contributed by atoms with van der Waals surface area (Å²) in [5, 5.41) is 2.93. The second-order valence-electron chi connectivity index (χ2n) is 6.99. The summed E-state index contributed by atoms with van der Waals surface area (Å²) >= 11 is 0. The van der Waals surface area contributed by atoms with Gasteiger partial charge >= 0.3 is 5.97 Å². The van der Waals surface area contributed by atoms with Crippen LogP contribution < -0.4 is 10.1 Å². The minimum atomic E-state index is -0.318. The van der Waals surface area contributed by atoms with Gasteiger partial charge in [0.1, 0.15) is 5.75 Å². The normalized spacial score (nSPS) is 16.2. The molecule has 0 saturated heterocycles. The number of ether oxygens (including phenoxy) is 2. The van der Waals surface area contributed by atoms with Gasteiger partial charge in [0.15, 0.2) is 0 Å². The number of nitrogens with one attached hydrogen (secondary N) is 1. The molecule has 0 spiro atoms. The Labute approximate surface area is 167 Å². The van der Waals surface area contributed by atoms with Gasteiger partial charge in [0.25, 0.3) is 5.91 Å². The summed E-state index contributed by atoms with van der Waals surface area (Å²) in [6.45, 7) is 0.390. The standard InChI is InChI=1S/C23H18N2O4/c1-28-21-5-3-2-4-16(21)14-6-7-17-19(22(26)24-20(17)10-14)13-25-11-15-8-9-29-23(27)18(15)12-25/h2-7,10-13H,8-9H2,1H3,(H,24,26). The first-order chi connectivity index (χ1) is 14.1. The van der Waals surface area contributed by atoms with Gasteiger partial charge in [0, 0.05) is 41.8 Å². The first-order valence-electron chi connectivity index (χ1n) is 9.32. The van der Waals surface area contributed by atoms with Crippen molar-refractivity contribution >= 4 is 29.3 Å². The van der Waals surface area contributed by atoms with Crippen molar-refractivity contribution in [2.24, 2.45) is 0 Å². The van der Waals surface area contributed by atoms with Crippen LogP contribution in [0.5, 0.6) is 5.75 Å². The number of benzene rings is 2. The van der Waals surface area contributed by atoms with Crippen LogP contribution in [0, 0.1) is 0 Å². The summed E-state index contributed by atoms with van der Waals surface area (Å²) in [6, 6.07) is 13.6. The predicted molar refractivity (Wildman–Crippen MR) is 110 cm³/mol. The fourth-order valence-corrected chi connectivity index (χ4v) is 3.83. The summed E-state index contributed by atoms with van der Waals surface area (Å²) in [5.41, 5.74) is 5.53. The topological polar surface area (TPSA) is 69.6 Å². The minimum absolute atomic E-state index is 0.175. The number of cyclic esters (lactones) is 1. The zero-order valence-electron chi connectivity index (χ0n) is 15.8. The third-order valence-corrected chi connectivity index (χ3v) is 5.25. The monoisotopic (exact) mass is 386 g/mol. The minimum Gasteiger partial charge on any atom is -0.496 e. The van der Waals surface area contributed by atoms with E-state index in [1.165, 1.54) is 0 Å². The van der Waals surface area contributed by atoms with Crippen LogP contribution >= 0.6 is 0 Å². The Morgan fingerprint density at radius 3 is 2.76 bits per heavy atom. The Morgan fingerprint density at radius 2 is 1.93 bits per heavy atom. The van der Waals surface area contributed by atoms with E-state index in [4.69, 9.17) is 9.47 Å². The van der Waals surface area contributed by atoms with Crippen LogP contribution in [0.1, 0.15) is 21.5 Å². The molecule has 5 rings (SSSR count). The lowest BCUT2D eigenvalue weighted by atomic mass is 10.00. The predicted octanol–water partition coefficient (Wildman–Crippen LogP) is 3.83. The van der Waals surface area contributed by atoms with Crippen molar-refractivity contribution in [1.29, 1.82) is 0 Å². The van der Waals surface area contributed by atoms with Crippen LogP contribution in [0.4, 0.5) is 5.69 Å². The Balaban J connectivity index is 1.53. The fourth-order valence-electron chi connectivity index (χ4n) is 3.83. The highest BCUT2D eigenvalue weighted by atomic mass is 16.5. The van der Waals surface area contributed by atoms with Crippen molar-refractivity contribution in [1.82, 2.24) is 4.57 Å². The van der Waals surface area contributed by atoms with Crippen LogP contribution in [0.25, 0.3) is 22.9 Å². The van der Waals surface area contributed by atoms with E-state index in [1.54, 1.807) is 24.1 Å². The van der Waals surface area contributed by atoms with Gasteiger partial charge in [-0.15, -0.1) is 0 Å². The number of methoxy groups -OCH3 is 1. The van der Waals surface area contributed by atoms with Gasteiger partial charge in [-0.1, -0.05) is 30.3 Å². The molecule has 0 saturated carbocycles. The largest absolute Gasteiger partial charge is 0.496 e. The van der Waals surface area contributed by atoms with E-state index < -0.39 is 0 Å². The smallest absolute Gasteiger partial charge is 0.339 e. The molecule has 0 radical (unpaired) electrons. The molecule has 0 atom stereocenters. The van der Waals surface area contributed by atoms with Gasteiger partial charge in [-0.2, -0.15) is 0 Å². The maximum absolute atomic E-state index is 12.6. The summed E-state index contributed by atoms with van der Waals surface area (Å²) in [4.78, 5) is 24.5. The lowest BCUT2D eigenvalue weighted by Crippen LogP contribution is -2.15. The van der Waals surface area contributed by atoms with Crippen molar-refractivity contribution in [2.75, 3.05) is 19.0 Å². The van der Waals surface area contributed by atoms with Gasteiger partial charge in [-0.3, -0.25) is 4.79 Å². The quantitative estimate of drug-likeness (QED) is 0.549. The molecule has 3 heterocycles. The van der Waals surface area contributed by atoms with Crippen molar-refractivity contribution in [3.8, 4) is 16.9 Å². The third kappa shape index (κ3) is 2.89. The molecule has 1 aromatic heterocycles. The summed E-state index contributed by atoms with van der Waals surface area (Å²) < 4.78 is 12.3. The molecule has 29 heavy (non-hydrogen) atoms. The molecule has 0 fully saturated rings. The van der Waals surface area contributed by atoms with E-state index in [0.717, 1.165) is 33.7 Å². The van der Waals surface area contributed by atoms with Gasteiger partial charge in [-0.05, 0) is 23.3 Å². The number of esters is 1. The number of anilines is 1. The number of aromatic nitrogens is 1. The molecule has 0 aliphatic carbocycles. The molecule has 2 aliphatic heterocycles. The maximum Gasteiger partial charge on any atom is 0.339 e. The van der Waals surface area contributed by atoms with Crippen LogP contribution in [-0.2, 0) is 16.0 Å². The number of amides is 1. The van der Waals surface area contributed by atoms with E-state index in [9.17, 15) is 9.59 Å². The number of rotatable bonds is 3.